The Labute approximate surface area is 169 Å². The minimum absolute atomic E-state index is 0. The molecule has 2 atom stereocenters. The molecule has 136 valence electrons. The molecule has 0 bridgehead atoms. The van der Waals surface area contributed by atoms with E-state index < -0.39 is 17.7 Å². The predicted octanol–water partition coefficient (Wildman–Crippen LogP) is 3.15. The topological polar surface area (TPSA) is 73.1 Å². The Hall–Kier alpha value is -0.100. The number of hydrogen-bond acceptors (Lipinski definition) is 4. The molecule has 1 heterocycles. The summed E-state index contributed by atoms with van der Waals surface area (Å²) in [6, 6.07) is 0. The first-order valence-electron chi connectivity index (χ1n) is 9.17. The van der Waals surface area contributed by atoms with Gasteiger partial charge < -0.3 is 15.1 Å². The van der Waals surface area contributed by atoms with E-state index in [0.29, 0.717) is 12.3 Å². The number of hydrogen-bond donors (Lipinski definition) is 2. The summed E-state index contributed by atoms with van der Waals surface area (Å²) >= 11 is 0. The van der Waals surface area contributed by atoms with E-state index in [4.69, 9.17) is 0 Å². The van der Waals surface area contributed by atoms with E-state index in [0.717, 1.165) is 12.8 Å². The van der Waals surface area contributed by atoms with Crippen LogP contribution < -0.4 is 0 Å². The molecule has 1 aliphatic rings. The molecule has 0 fully saturated rings. The standard InChI is InChI=1S/C18H34N2O3.Na.H/c1-4-5-6-7-8-9-10-11-12-13-18(17(22)23)14-20(16(3)21)15(2)19-18;;/h16,21H,4-14H2,1-3H3,(H,22,23);;. The van der Waals surface area contributed by atoms with E-state index in [2.05, 4.69) is 11.9 Å². The number of nitrogens with zero attached hydrogens (tertiary/aromatic N) is 2. The minimum atomic E-state index is -1.07. The third kappa shape index (κ3) is 7.42. The third-order valence-corrected chi connectivity index (χ3v) is 4.77. The SMILES string of the molecule is CCCCCCCCCCCC1(C(=O)O)CN(C(C)O)C(C)=N1.[NaH]. The summed E-state index contributed by atoms with van der Waals surface area (Å²) in [6.07, 6.45) is 10.8. The fourth-order valence-corrected chi connectivity index (χ4v) is 3.29. The second kappa shape index (κ2) is 12.3. The molecule has 2 unspecified atom stereocenters. The van der Waals surface area contributed by atoms with E-state index in [-0.39, 0.29) is 36.1 Å². The molecule has 2 N–H and O–H groups in total. The first-order chi connectivity index (χ1) is 10.9. The van der Waals surface area contributed by atoms with E-state index in [1.807, 2.05) is 0 Å². The molecule has 0 radical (unpaired) electrons. The van der Waals surface area contributed by atoms with E-state index >= 15 is 0 Å². The van der Waals surface area contributed by atoms with Gasteiger partial charge in [-0.25, -0.2) is 4.79 Å². The molecular weight excluding hydrogens is 315 g/mol. The Morgan fingerprint density at radius 2 is 1.67 bits per heavy atom. The van der Waals surface area contributed by atoms with Gasteiger partial charge >= 0.3 is 35.5 Å². The fraction of sp³-hybridized carbons (Fsp3) is 0.889. The second-order valence-corrected chi connectivity index (χ2v) is 6.83. The molecule has 0 amide bonds. The van der Waals surface area contributed by atoms with Gasteiger partial charge in [0.2, 0.25) is 0 Å². The van der Waals surface area contributed by atoms with Gasteiger partial charge in [-0.3, -0.25) is 4.99 Å². The molecule has 5 nitrogen and oxygen atoms in total. The quantitative estimate of drug-likeness (QED) is 0.419. The maximum absolute atomic E-state index is 11.7. The summed E-state index contributed by atoms with van der Waals surface area (Å²) in [6.45, 7) is 5.93. The van der Waals surface area contributed by atoms with Crippen LogP contribution in [0.2, 0.25) is 0 Å². The van der Waals surface area contributed by atoms with Crippen molar-refractivity contribution in [3.8, 4) is 0 Å². The van der Waals surface area contributed by atoms with Crippen molar-refractivity contribution in [2.24, 2.45) is 4.99 Å². The number of aliphatic hydroxyl groups excluding tert-OH is 1. The van der Waals surface area contributed by atoms with Gasteiger partial charge in [-0.05, 0) is 20.3 Å². The molecule has 0 saturated heterocycles. The molecule has 24 heavy (non-hydrogen) atoms. The molecule has 0 aromatic heterocycles. The van der Waals surface area contributed by atoms with E-state index in [9.17, 15) is 15.0 Å². The van der Waals surface area contributed by atoms with Crippen LogP contribution in [-0.4, -0.2) is 74.8 Å². The summed E-state index contributed by atoms with van der Waals surface area (Å²) in [5.74, 6) is -0.252. The summed E-state index contributed by atoms with van der Waals surface area (Å²) in [7, 11) is 0. The third-order valence-electron chi connectivity index (χ3n) is 4.77. The van der Waals surface area contributed by atoms with Gasteiger partial charge in [0.05, 0.1) is 12.4 Å². The molecule has 1 aliphatic heterocycles. The summed E-state index contributed by atoms with van der Waals surface area (Å²) in [4.78, 5) is 17.7. The molecule has 0 saturated carbocycles. The number of aliphatic carboxylic acids is 1. The van der Waals surface area contributed by atoms with Gasteiger partial charge in [0.1, 0.15) is 6.23 Å². The number of aliphatic imine (C=N–C) groups is 1. The Kier molecular flexibility index (Phi) is 12.2. The van der Waals surface area contributed by atoms with Gasteiger partial charge in [0.15, 0.2) is 5.54 Å². The van der Waals surface area contributed by atoms with Crippen LogP contribution in [0.25, 0.3) is 0 Å². The molecule has 0 spiro atoms. The maximum atomic E-state index is 11.7. The number of amidine groups is 1. The molecule has 0 aromatic carbocycles. The Morgan fingerprint density at radius 1 is 1.17 bits per heavy atom. The predicted molar refractivity (Wildman–Crippen MR) is 101 cm³/mol. The molecule has 1 rings (SSSR count). The van der Waals surface area contributed by atoms with Crippen molar-refractivity contribution in [1.29, 1.82) is 0 Å². The van der Waals surface area contributed by atoms with Crippen molar-refractivity contribution in [3.63, 3.8) is 0 Å². The number of unbranched alkanes of at least 4 members (excludes halogenated alkanes) is 8. The zero-order valence-corrected chi connectivity index (χ0v) is 15.1. The average Bonchev–Trinajstić information content (AvgIpc) is 2.84. The molecular formula is C18H35N2NaO3. The second-order valence-electron chi connectivity index (χ2n) is 6.83. The van der Waals surface area contributed by atoms with Gasteiger partial charge in [-0.2, -0.15) is 0 Å². The van der Waals surface area contributed by atoms with Crippen LogP contribution in [-0.2, 0) is 4.79 Å². The van der Waals surface area contributed by atoms with Crippen LogP contribution in [0.3, 0.4) is 0 Å². The van der Waals surface area contributed by atoms with Crippen LogP contribution in [0.5, 0.6) is 0 Å². The summed E-state index contributed by atoms with van der Waals surface area (Å²) in [5.41, 5.74) is -1.07. The number of carbonyl (C=O) groups is 1. The number of rotatable bonds is 12. The Balaban J connectivity index is 0.00000529. The van der Waals surface area contributed by atoms with Crippen molar-refractivity contribution < 1.29 is 15.0 Å². The van der Waals surface area contributed by atoms with Crippen molar-refractivity contribution in [2.75, 3.05) is 6.54 Å². The van der Waals surface area contributed by atoms with Crippen molar-refractivity contribution in [2.45, 2.75) is 96.7 Å². The van der Waals surface area contributed by atoms with Gasteiger partial charge in [-0.1, -0.05) is 64.7 Å². The molecule has 6 heteroatoms. The van der Waals surface area contributed by atoms with Crippen molar-refractivity contribution in [3.05, 3.63) is 0 Å². The van der Waals surface area contributed by atoms with E-state index in [1.54, 1.807) is 18.7 Å². The zero-order valence-electron chi connectivity index (χ0n) is 15.1. The summed E-state index contributed by atoms with van der Waals surface area (Å²) in [5, 5.41) is 19.3. The molecule has 0 aromatic rings. The van der Waals surface area contributed by atoms with Crippen LogP contribution in [0.1, 0.15) is 85.0 Å². The van der Waals surface area contributed by atoms with Crippen molar-refractivity contribution in [1.82, 2.24) is 4.90 Å². The van der Waals surface area contributed by atoms with Crippen LogP contribution >= 0.6 is 0 Å². The average molecular weight is 350 g/mol. The summed E-state index contributed by atoms with van der Waals surface area (Å²) < 4.78 is 0. The molecule has 0 aliphatic carbocycles. The Morgan fingerprint density at radius 3 is 2.08 bits per heavy atom. The van der Waals surface area contributed by atoms with Gasteiger partial charge in [-0.15, -0.1) is 0 Å². The number of carboxylic acids is 1. The monoisotopic (exact) mass is 350 g/mol. The van der Waals surface area contributed by atoms with Crippen LogP contribution in [0.4, 0.5) is 0 Å². The van der Waals surface area contributed by atoms with Crippen LogP contribution in [0, 0.1) is 0 Å². The van der Waals surface area contributed by atoms with Gasteiger partial charge in [0, 0.05) is 0 Å². The number of carboxylic acid groups (broad SMARTS) is 1. The van der Waals surface area contributed by atoms with Crippen LogP contribution in [0.15, 0.2) is 4.99 Å². The first-order valence-corrected chi connectivity index (χ1v) is 9.17. The number of aliphatic hydroxyl groups is 1. The normalized spacial score (nSPS) is 21.3. The Bertz CT molecular complexity index is 402. The van der Waals surface area contributed by atoms with Gasteiger partial charge in [0.25, 0.3) is 0 Å². The first kappa shape index (κ1) is 23.9. The zero-order chi connectivity index (χ0) is 17.3. The van der Waals surface area contributed by atoms with E-state index in [1.165, 1.54) is 44.9 Å². The fourth-order valence-electron chi connectivity index (χ4n) is 3.29. The van der Waals surface area contributed by atoms with Crippen molar-refractivity contribution >= 4 is 41.4 Å².